The van der Waals surface area contributed by atoms with E-state index in [1.807, 2.05) is 37.3 Å². The van der Waals surface area contributed by atoms with E-state index in [2.05, 4.69) is 37.8 Å². The van der Waals surface area contributed by atoms with Crippen molar-refractivity contribution in [3.8, 4) is 5.75 Å². The predicted octanol–water partition coefficient (Wildman–Crippen LogP) is 4.38. The number of nitrogens with one attached hydrogen (secondary N) is 2. The predicted molar refractivity (Wildman–Crippen MR) is 142 cm³/mol. The van der Waals surface area contributed by atoms with Crippen LogP contribution in [0, 0.1) is 3.57 Å². The highest BCUT2D eigenvalue weighted by molar-refractivity contribution is 14.1. The second kappa shape index (κ2) is 12.3. The summed E-state index contributed by atoms with van der Waals surface area (Å²) in [6.45, 7) is 2.31. The number of carbonyl (C=O) groups is 1. The third-order valence-electron chi connectivity index (χ3n) is 4.67. The zero-order chi connectivity index (χ0) is 24.6. The summed E-state index contributed by atoms with van der Waals surface area (Å²) < 4.78 is 34.8. The first kappa shape index (κ1) is 26.1. The van der Waals surface area contributed by atoms with E-state index in [1.165, 1.54) is 18.3 Å². The average Bonchev–Trinajstić information content (AvgIpc) is 2.81. The molecule has 3 rings (SSSR count). The fraction of sp³-hybridized carbons (Fsp3) is 0.167. The van der Waals surface area contributed by atoms with Crippen LogP contribution in [-0.4, -0.2) is 33.2 Å². The quantitative estimate of drug-likeness (QED) is 0.202. The molecular weight excluding hydrogens is 589 g/mol. The van der Waals surface area contributed by atoms with Crippen LogP contribution in [0.2, 0.25) is 5.02 Å². The largest absolute Gasteiger partial charge is 0.493 e. The smallest absolute Gasteiger partial charge is 0.258 e. The van der Waals surface area contributed by atoms with Crippen LogP contribution in [0.25, 0.3) is 0 Å². The summed E-state index contributed by atoms with van der Waals surface area (Å²) in [7, 11) is -3.94. The van der Waals surface area contributed by atoms with Gasteiger partial charge in [0.25, 0.3) is 5.91 Å². The molecule has 7 nitrogen and oxygen atoms in total. The van der Waals surface area contributed by atoms with Gasteiger partial charge in [0.05, 0.1) is 17.7 Å². The third-order valence-corrected chi connectivity index (χ3v) is 7.11. The molecule has 1 amide bonds. The van der Waals surface area contributed by atoms with Gasteiger partial charge in [0.1, 0.15) is 11.8 Å². The Kier molecular flexibility index (Phi) is 9.45. The van der Waals surface area contributed by atoms with Gasteiger partial charge in [0.15, 0.2) is 0 Å². The summed E-state index contributed by atoms with van der Waals surface area (Å²) in [5, 5.41) is 4.49. The van der Waals surface area contributed by atoms with E-state index >= 15 is 0 Å². The number of rotatable bonds is 10. The zero-order valence-electron chi connectivity index (χ0n) is 18.2. The summed E-state index contributed by atoms with van der Waals surface area (Å²) in [6, 6.07) is 19.5. The molecule has 0 spiro atoms. The van der Waals surface area contributed by atoms with Crippen molar-refractivity contribution in [1.82, 2.24) is 10.1 Å². The molecule has 0 bridgehead atoms. The highest BCUT2D eigenvalue weighted by atomic mass is 127. The van der Waals surface area contributed by atoms with Gasteiger partial charge in [-0.15, -0.1) is 0 Å². The van der Waals surface area contributed by atoms with Gasteiger partial charge < -0.3 is 4.74 Å². The topological polar surface area (TPSA) is 96.9 Å². The van der Waals surface area contributed by atoms with E-state index in [9.17, 15) is 13.2 Å². The molecule has 0 saturated carbocycles. The summed E-state index contributed by atoms with van der Waals surface area (Å²) in [4.78, 5) is 13.0. The Bertz CT molecular complexity index is 1250. The van der Waals surface area contributed by atoms with E-state index < -0.39 is 22.0 Å². The van der Waals surface area contributed by atoms with E-state index in [-0.39, 0.29) is 11.3 Å². The van der Waals surface area contributed by atoms with Crippen LogP contribution in [0.5, 0.6) is 5.75 Å². The molecule has 0 heterocycles. The molecule has 178 valence electrons. The lowest BCUT2D eigenvalue weighted by atomic mass is 10.1. The molecule has 0 unspecified atom stereocenters. The first-order valence-electron chi connectivity index (χ1n) is 10.4. The standard InChI is InChI=1S/C24H23ClIN3O4S/c1-2-33-23-13-8-19(25)15-18(23)16-27-28-24(30)22(14-17-6-4-3-5-7-17)29-34(31,32)21-11-9-20(26)10-12-21/h3-13,15-16,22,29H,2,14H2,1H3,(H,28,30)/b27-16-/t22-/m1/s1. The maximum atomic E-state index is 13.0. The molecule has 2 N–H and O–H groups in total. The zero-order valence-corrected chi connectivity index (χ0v) is 22.0. The fourth-order valence-corrected chi connectivity index (χ4v) is 4.79. The highest BCUT2D eigenvalue weighted by Crippen LogP contribution is 2.21. The molecule has 34 heavy (non-hydrogen) atoms. The summed E-state index contributed by atoms with van der Waals surface area (Å²) in [6.07, 6.45) is 1.55. The molecule has 0 aliphatic rings. The van der Waals surface area contributed by atoms with Gasteiger partial charge in [0.2, 0.25) is 10.0 Å². The summed E-state index contributed by atoms with van der Waals surface area (Å²) in [5.74, 6) is -0.0423. The van der Waals surface area contributed by atoms with Gasteiger partial charge in [-0.2, -0.15) is 9.82 Å². The lowest BCUT2D eigenvalue weighted by Crippen LogP contribution is -2.46. The van der Waals surface area contributed by atoms with Gasteiger partial charge >= 0.3 is 0 Å². The Morgan fingerprint density at radius 2 is 1.82 bits per heavy atom. The minimum Gasteiger partial charge on any atom is -0.493 e. The molecule has 3 aromatic carbocycles. The number of hydrazone groups is 1. The van der Waals surface area contributed by atoms with Gasteiger partial charge in [-0.05, 0) is 84.0 Å². The van der Waals surface area contributed by atoms with Crippen molar-refractivity contribution in [3.63, 3.8) is 0 Å². The molecule has 10 heteroatoms. The van der Waals surface area contributed by atoms with Gasteiger partial charge in [-0.1, -0.05) is 41.9 Å². The van der Waals surface area contributed by atoms with Crippen LogP contribution in [0.15, 0.2) is 82.8 Å². The lowest BCUT2D eigenvalue weighted by molar-refractivity contribution is -0.122. The van der Waals surface area contributed by atoms with Gasteiger partial charge in [-0.25, -0.2) is 13.8 Å². The number of carbonyl (C=O) groups excluding carboxylic acids is 1. The van der Waals surface area contributed by atoms with Crippen LogP contribution in [0.4, 0.5) is 0 Å². The number of sulfonamides is 1. The molecule has 0 saturated heterocycles. The molecule has 0 aromatic heterocycles. The monoisotopic (exact) mass is 611 g/mol. The van der Waals surface area contributed by atoms with Crippen molar-refractivity contribution < 1.29 is 17.9 Å². The number of halogens is 2. The number of amides is 1. The Labute approximate surface area is 217 Å². The maximum Gasteiger partial charge on any atom is 0.258 e. The first-order valence-corrected chi connectivity index (χ1v) is 13.3. The normalized spacial score (nSPS) is 12.4. The summed E-state index contributed by atoms with van der Waals surface area (Å²) in [5.41, 5.74) is 3.80. The minimum absolute atomic E-state index is 0.0718. The van der Waals surface area contributed by atoms with Crippen LogP contribution in [0.3, 0.4) is 0 Å². The molecule has 0 aliphatic carbocycles. The van der Waals surface area contributed by atoms with Crippen molar-refractivity contribution in [2.24, 2.45) is 5.10 Å². The number of hydrogen-bond acceptors (Lipinski definition) is 5. The van der Waals surface area contributed by atoms with Crippen molar-refractivity contribution in [1.29, 1.82) is 0 Å². The molecule has 3 aromatic rings. The van der Waals surface area contributed by atoms with E-state index in [0.29, 0.717) is 22.9 Å². The first-order chi connectivity index (χ1) is 16.3. The Morgan fingerprint density at radius 1 is 1.12 bits per heavy atom. The third kappa shape index (κ3) is 7.52. The molecular formula is C24H23ClIN3O4S. The fourth-order valence-electron chi connectivity index (χ4n) is 3.06. The number of hydrogen-bond donors (Lipinski definition) is 2. The van der Waals surface area contributed by atoms with E-state index in [4.69, 9.17) is 16.3 Å². The number of ether oxygens (including phenoxy) is 1. The lowest BCUT2D eigenvalue weighted by Gasteiger charge is -2.17. The van der Waals surface area contributed by atoms with Crippen LogP contribution in [-0.2, 0) is 21.2 Å². The Morgan fingerprint density at radius 3 is 2.50 bits per heavy atom. The Balaban J connectivity index is 1.80. The van der Waals surface area contributed by atoms with Crippen molar-refractivity contribution >= 4 is 56.3 Å². The number of benzene rings is 3. The second-order valence-electron chi connectivity index (χ2n) is 7.17. The SMILES string of the molecule is CCOc1ccc(Cl)cc1/C=N\NC(=O)[C@@H](Cc1ccccc1)NS(=O)(=O)c1ccc(I)cc1. The van der Waals surface area contributed by atoms with Crippen LogP contribution >= 0.6 is 34.2 Å². The summed E-state index contributed by atoms with van der Waals surface area (Å²) >= 11 is 8.15. The van der Waals surface area contributed by atoms with Crippen LogP contribution < -0.4 is 14.9 Å². The molecule has 0 fully saturated rings. The van der Waals surface area contributed by atoms with Crippen molar-refractivity contribution in [2.75, 3.05) is 6.61 Å². The van der Waals surface area contributed by atoms with E-state index in [0.717, 1.165) is 9.13 Å². The average molecular weight is 612 g/mol. The van der Waals surface area contributed by atoms with Crippen LogP contribution in [0.1, 0.15) is 18.1 Å². The van der Waals surface area contributed by atoms with Crippen molar-refractivity contribution in [2.45, 2.75) is 24.3 Å². The van der Waals surface area contributed by atoms with E-state index in [1.54, 1.807) is 30.3 Å². The Hall–Kier alpha value is -2.47. The number of nitrogens with zero attached hydrogens (tertiary/aromatic N) is 1. The molecule has 0 radical (unpaired) electrons. The van der Waals surface area contributed by atoms with Gasteiger partial charge in [-0.3, -0.25) is 4.79 Å². The molecule has 0 aliphatic heterocycles. The van der Waals surface area contributed by atoms with Crippen molar-refractivity contribution in [3.05, 3.63) is 92.5 Å². The highest BCUT2D eigenvalue weighted by Gasteiger charge is 2.26. The minimum atomic E-state index is -3.94. The maximum absolute atomic E-state index is 13.0. The molecule has 1 atom stereocenters. The second-order valence-corrected chi connectivity index (χ2v) is 10.6. The van der Waals surface area contributed by atoms with Gasteiger partial charge in [0, 0.05) is 14.2 Å².